The Morgan fingerprint density at radius 2 is 1.97 bits per heavy atom. The average molecular weight is 504 g/mol. The summed E-state index contributed by atoms with van der Waals surface area (Å²) in [5.74, 6) is 2.79. The van der Waals surface area contributed by atoms with E-state index in [-0.39, 0.29) is 11.9 Å². The fraction of sp³-hybridized carbons (Fsp3) is 0.429. The highest BCUT2D eigenvalue weighted by Crippen LogP contribution is 2.36. The Hall–Kier alpha value is -2.97. The van der Waals surface area contributed by atoms with Crippen LogP contribution in [0.15, 0.2) is 53.5 Å². The van der Waals surface area contributed by atoms with Crippen LogP contribution in [0.5, 0.6) is 11.5 Å². The van der Waals surface area contributed by atoms with Gasteiger partial charge in [0.2, 0.25) is 5.91 Å². The standard InChI is InChI=1S/C28H33N5O2S/c34-26-17-33(13-11-29-26)12-10-21-18-36-28(31-21)25-15-19-14-23(35-22-8-2-1-3-9-22)16-24(27(19)32-25)30-20-6-4-5-7-20/h1-3,8-9,14-16,20-21,30,32H,4-7,10-13,17-18H2,(H,29,34)/t21-/m0/s1. The van der Waals surface area contributed by atoms with Crippen LogP contribution >= 0.6 is 11.8 Å². The maximum Gasteiger partial charge on any atom is 0.234 e. The van der Waals surface area contributed by atoms with Crippen LogP contribution in [0.2, 0.25) is 0 Å². The molecule has 1 aromatic heterocycles. The summed E-state index contributed by atoms with van der Waals surface area (Å²) in [6, 6.07) is 17.2. The van der Waals surface area contributed by atoms with Crippen LogP contribution in [0, 0.1) is 0 Å². The van der Waals surface area contributed by atoms with Crippen LogP contribution in [0.1, 0.15) is 37.8 Å². The van der Waals surface area contributed by atoms with Crippen molar-refractivity contribution in [2.75, 3.05) is 37.2 Å². The van der Waals surface area contributed by atoms with E-state index in [1.807, 2.05) is 42.1 Å². The van der Waals surface area contributed by atoms with Crippen molar-refractivity contribution in [1.29, 1.82) is 0 Å². The fourth-order valence-corrected chi connectivity index (χ4v) is 6.42. The number of aromatic nitrogens is 1. The first-order valence-corrected chi connectivity index (χ1v) is 14.0. The van der Waals surface area contributed by atoms with Crippen molar-refractivity contribution in [3.05, 3.63) is 54.2 Å². The number of thioether (sulfide) groups is 1. The highest BCUT2D eigenvalue weighted by molar-refractivity contribution is 8.14. The molecule has 2 fully saturated rings. The Morgan fingerprint density at radius 1 is 1.11 bits per heavy atom. The van der Waals surface area contributed by atoms with E-state index in [1.165, 1.54) is 25.7 Å². The summed E-state index contributed by atoms with van der Waals surface area (Å²) in [6.45, 7) is 3.09. The number of piperazine rings is 1. The molecular weight excluding hydrogens is 470 g/mol. The van der Waals surface area contributed by atoms with Gasteiger partial charge in [-0.05, 0) is 43.5 Å². The van der Waals surface area contributed by atoms with Crippen LogP contribution in [0.25, 0.3) is 10.9 Å². The molecule has 2 aliphatic heterocycles. The summed E-state index contributed by atoms with van der Waals surface area (Å²) >= 11 is 1.82. The van der Waals surface area contributed by atoms with Crippen LogP contribution in [-0.4, -0.2) is 64.9 Å². The lowest BCUT2D eigenvalue weighted by molar-refractivity contribution is -0.124. The SMILES string of the molecule is O=C1CN(CC[C@H]2CSC(c3cc4cc(Oc5ccccc5)cc(NC5CCCC5)c4[nH]3)=N2)CCN1. The summed E-state index contributed by atoms with van der Waals surface area (Å²) < 4.78 is 6.22. The minimum absolute atomic E-state index is 0.127. The minimum atomic E-state index is 0.127. The molecule has 1 saturated carbocycles. The molecule has 3 aliphatic rings. The van der Waals surface area contributed by atoms with Gasteiger partial charge in [0.25, 0.3) is 0 Å². The van der Waals surface area contributed by atoms with Gasteiger partial charge in [-0.25, -0.2) is 0 Å². The molecule has 0 bridgehead atoms. The fourth-order valence-electron chi connectivity index (χ4n) is 5.34. The third-order valence-corrected chi connectivity index (χ3v) is 8.38. The van der Waals surface area contributed by atoms with E-state index in [9.17, 15) is 4.79 Å². The van der Waals surface area contributed by atoms with Crippen molar-refractivity contribution in [3.63, 3.8) is 0 Å². The number of ether oxygens (including phenoxy) is 1. The van der Waals surface area contributed by atoms with Crippen LogP contribution < -0.4 is 15.4 Å². The Morgan fingerprint density at radius 3 is 2.81 bits per heavy atom. The maximum atomic E-state index is 11.7. The van der Waals surface area contributed by atoms with Gasteiger partial charge in [-0.15, -0.1) is 11.8 Å². The second-order valence-corrected chi connectivity index (χ2v) is 11.0. The average Bonchev–Trinajstić information content (AvgIpc) is 3.64. The lowest BCUT2D eigenvalue weighted by atomic mass is 10.1. The summed E-state index contributed by atoms with van der Waals surface area (Å²) in [4.78, 5) is 22.6. The molecule has 0 spiro atoms. The van der Waals surface area contributed by atoms with E-state index in [2.05, 4.69) is 38.7 Å². The summed E-state index contributed by atoms with van der Waals surface area (Å²) in [5.41, 5.74) is 3.28. The highest BCUT2D eigenvalue weighted by Gasteiger charge is 2.24. The molecule has 0 unspecified atom stereocenters. The van der Waals surface area contributed by atoms with Gasteiger partial charge in [0, 0.05) is 42.9 Å². The summed E-state index contributed by atoms with van der Waals surface area (Å²) in [7, 11) is 0. The van der Waals surface area contributed by atoms with E-state index in [0.717, 1.165) is 70.6 Å². The van der Waals surface area contributed by atoms with Crippen molar-refractivity contribution in [1.82, 2.24) is 15.2 Å². The number of aromatic amines is 1. The number of para-hydroxylation sites is 1. The predicted molar refractivity (Wildman–Crippen MR) is 148 cm³/mol. The largest absolute Gasteiger partial charge is 0.457 e. The zero-order valence-electron chi connectivity index (χ0n) is 20.5. The Balaban J connectivity index is 1.22. The molecular formula is C28H33N5O2S. The zero-order chi connectivity index (χ0) is 24.3. The lowest BCUT2D eigenvalue weighted by Crippen LogP contribution is -2.48. The van der Waals surface area contributed by atoms with Crippen molar-refractivity contribution in [3.8, 4) is 11.5 Å². The van der Waals surface area contributed by atoms with Gasteiger partial charge in [-0.3, -0.25) is 14.7 Å². The van der Waals surface area contributed by atoms with E-state index in [4.69, 9.17) is 9.73 Å². The first-order chi connectivity index (χ1) is 17.7. The van der Waals surface area contributed by atoms with E-state index in [0.29, 0.717) is 12.6 Å². The molecule has 188 valence electrons. The Bertz CT molecular complexity index is 1250. The number of benzene rings is 2. The lowest BCUT2D eigenvalue weighted by Gasteiger charge is -2.26. The number of anilines is 1. The van der Waals surface area contributed by atoms with E-state index in [1.54, 1.807) is 0 Å². The highest BCUT2D eigenvalue weighted by atomic mass is 32.2. The van der Waals surface area contributed by atoms with Crippen molar-refractivity contribution < 1.29 is 9.53 Å². The third-order valence-electron chi connectivity index (χ3n) is 7.23. The number of rotatable bonds is 8. The number of nitrogens with zero attached hydrogens (tertiary/aromatic N) is 2. The normalized spacial score (nSPS) is 21.1. The number of amides is 1. The van der Waals surface area contributed by atoms with Crippen molar-refractivity contribution >= 4 is 39.3 Å². The number of H-pyrrole nitrogens is 1. The first kappa shape index (κ1) is 23.4. The van der Waals surface area contributed by atoms with Crippen LogP contribution in [0.3, 0.4) is 0 Å². The summed E-state index contributed by atoms with van der Waals surface area (Å²) in [6.07, 6.45) is 5.97. The number of carbonyl (C=O) groups is 1. The zero-order valence-corrected chi connectivity index (χ0v) is 21.3. The Kier molecular flexibility index (Phi) is 6.88. The van der Waals surface area contributed by atoms with Gasteiger partial charge < -0.3 is 20.4 Å². The molecule has 0 radical (unpaired) electrons. The van der Waals surface area contributed by atoms with Gasteiger partial charge in [-0.2, -0.15) is 0 Å². The molecule has 6 rings (SSSR count). The van der Waals surface area contributed by atoms with E-state index >= 15 is 0 Å². The second-order valence-electron chi connectivity index (χ2n) is 9.97. The van der Waals surface area contributed by atoms with Crippen molar-refractivity contribution in [2.45, 2.75) is 44.2 Å². The third kappa shape index (κ3) is 5.39. The smallest absolute Gasteiger partial charge is 0.234 e. The molecule has 3 heterocycles. The van der Waals surface area contributed by atoms with Crippen LogP contribution in [0.4, 0.5) is 5.69 Å². The number of carbonyl (C=O) groups excluding carboxylic acids is 1. The first-order valence-electron chi connectivity index (χ1n) is 13.1. The molecule has 8 heteroatoms. The van der Waals surface area contributed by atoms with E-state index < -0.39 is 0 Å². The van der Waals surface area contributed by atoms with Gasteiger partial charge >= 0.3 is 0 Å². The summed E-state index contributed by atoms with van der Waals surface area (Å²) in [5, 5.41) is 8.89. The van der Waals surface area contributed by atoms with Crippen molar-refractivity contribution in [2.24, 2.45) is 4.99 Å². The predicted octanol–water partition coefficient (Wildman–Crippen LogP) is 5.00. The van der Waals surface area contributed by atoms with Gasteiger partial charge in [-0.1, -0.05) is 31.0 Å². The minimum Gasteiger partial charge on any atom is -0.457 e. The van der Waals surface area contributed by atoms with Gasteiger partial charge in [0.1, 0.15) is 16.5 Å². The number of hydrogen-bond acceptors (Lipinski definition) is 6. The number of fused-ring (bicyclic) bond motifs is 1. The molecule has 7 nitrogen and oxygen atoms in total. The van der Waals surface area contributed by atoms with Crippen LogP contribution in [-0.2, 0) is 4.79 Å². The quantitative estimate of drug-likeness (QED) is 0.403. The second kappa shape index (κ2) is 10.6. The molecule has 2 aromatic carbocycles. The molecule has 1 amide bonds. The Labute approximate surface area is 216 Å². The monoisotopic (exact) mass is 503 g/mol. The molecule has 1 atom stereocenters. The van der Waals surface area contributed by atoms with Gasteiger partial charge in [0.05, 0.1) is 29.5 Å². The maximum absolute atomic E-state index is 11.7. The number of aliphatic imine (C=N–C) groups is 1. The number of nitrogens with one attached hydrogen (secondary N) is 3. The molecule has 3 N–H and O–H groups in total. The molecule has 1 aliphatic carbocycles. The molecule has 36 heavy (non-hydrogen) atoms. The van der Waals surface area contributed by atoms with Gasteiger partial charge in [0.15, 0.2) is 0 Å². The number of hydrogen-bond donors (Lipinski definition) is 3. The molecule has 3 aromatic rings. The topological polar surface area (TPSA) is 81.8 Å². The molecule has 1 saturated heterocycles.